The fraction of sp³-hybridized carbons (Fsp3) is 0.625. The Hall–Kier alpha value is -0.900. The van der Waals surface area contributed by atoms with Gasteiger partial charge in [-0.15, -0.1) is 0 Å². The maximum atomic E-state index is 5.76. The summed E-state index contributed by atoms with van der Waals surface area (Å²) in [5.74, 6) is 0. The van der Waals surface area contributed by atoms with Gasteiger partial charge in [-0.05, 0) is 43.0 Å². The summed E-state index contributed by atoms with van der Waals surface area (Å²) in [7, 11) is 2.19. The molecule has 1 aromatic rings. The number of benzene rings is 1. The molecule has 2 aliphatic rings. The summed E-state index contributed by atoms with van der Waals surface area (Å²) in [6.45, 7) is 4.84. The molecule has 1 atom stereocenters. The van der Waals surface area contributed by atoms with Crippen LogP contribution in [0.5, 0.6) is 0 Å². The first kappa shape index (κ1) is 13.1. The smallest absolute Gasteiger partial charge is 0.0826 e. The molecule has 1 saturated heterocycles. The summed E-state index contributed by atoms with van der Waals surface area (Å²) in [5.41, 5.74) is 4.57. The van der Waals surface area contributed by atoms with Crippen molar-refractivity contribution in [3.05, 3.63) is 34.9 Å². The van der Waals surface area contributed by atoms with Crippen molar-refractivity contribution in [3.8, 4) is 0 Å². The van der Waals surface area contributed by atoms with Crippen molar-refractivity contribution in [1.29, 1.82) is 0 Å². The number of aryl methyl sites for hydroxylation is 2. The summed E-state index contributed by atoms with van der Waals surface area (Å²) in [5, 5.41) is 3.39. The Kier molecular flexibility index (Phi) is 4.16. The first-order valence-electron chi connectivity index (χ1n) is 7.43. The van der Waals surface area contributed by atoms with Crippen LogP contribution in [0.1, 0.15) is 23.1 Å². The van der Waals surface area contributed by atoms with E-state index < -0.39 is 0 Å². The predicted octanol–water partition coefficient (Wildman–Crippen LogP) is 1.60. The molecule has 3 nitrogen and oxygen atoms in total. The van der Waals surface area contributed by atoms with Crippen LogP contribution >= 0.6 is 0 Å². The minimum absolute atomic E-state index is 0.341. The minimum Gasteiger partial charge on any atom is -0.374 e. The summed E-state index contributed by atoms with van der Waals surface area (Å²) >= 11 is 0. The molecular formula is C16H24N2O. The summed E-state index contributed by atoms with van der Waals surface area (Å²) in [6, 6.07) is 7.02. The third kappa shape index (κ3) is 3.35. The maximum absolute atomic E-state index is 5.76. The van der Waals surface area contributed by atoms with Gasteiger partial charge >= 0.3 is 0 Å². The first-order valence-corrected chi connectivity index (χ1v) is 7.43. The van der Waals surface area contributed by atoms with Gasteiger partial charge in [0.15, 0.2) is 0 Å². The molecule has 1 aromatic carbocycles. The highest BCUT2D eigenvalue weighted by molar-refractivity contribution is 5.35. The van der Waals surface area contributed by atoms with E-state index in [1.807, 2.05) is 0 Å². The first-order chi connectivity index (χ1) is 9.31. The quantitative estimate of drug-likeness (QED) is 0.890. The molecule has 1 heterocycles. The fourth-order valence-corrected chi connectivity index (χ4v) is 3.18. The number of hydrogen-bond acceptors (Lipinski definition) is 3. The van der Waals surface area contributed by atoms with Gasteiger partial charge in [0.05, 0.1) is 12.7 Å². The maximum Gasteiger partial charge on any atom is 0.0826 e. The van der Waals surface area contributed by atoms with Crippen molar-refractivity contribution < 1.29 is 4.74 Å². The van der Waals surface area contributed by atoms with E-state index in [2.05, 4.69) is 35.5 Å². The highest BCUT2D eigenvalue weighted by Crippen LogP contribution is 2.23. The zero-order valence-corrected chi connectivity index (χ0v) is 11.8. The average molecular weight is 260 g/mol. The van der Waals surface area contributed by atoms with Gasteiger partial charge in [-0.1, -0.05) is 18.2 Å². The van der Waals surface area contributed by atoms with Crippen LogP contribution in [-0.2, 0) is 24.1 Å². The number of hydrogen-bond donors (Lipinski definition) is 1. The van der Waals surface area contributed by atoms with Crippen molar-refractivity contribution >= 4 is 0 Å². The van der Waals surface area contributed by atoms with E-state index in [9.17, 15) is 0 Å². The molecule has 1 aliphatic heterocycles. The lowest BCUT2D eigenvalue weighted by Crippen LogP contribution is -2.44. The number of nitrogens with one attached hydrogen (secondary N) is 1. The third-order valence-electron chi connectivity index (χ3n) is 4.14. The molecule has 1 unspecified atom stereocenters. The van der Waals surface area contributed by atoms with Crippen LogP contribution in [0.3, 0.4) is 0 Å². The number of rotatable bonds is 4. The van der Waals surface area contributed by atoms with E-state index in [1.54, 1.807) is 11.1 Å². The Labute approximate surface area is 115 Å². The van der Waals surface area contributed by atoms with Crippen LogP contribution < -0.4 is 5.32 Å². The highest BCUT2D eigenvalue weighted by Gasteiger charge is 2.16. The minimum atomic E-state index is 0.341. The van der Waals surface area contributed by atoms with Crippen LogP contribution in [-0.4, -0.2) is 44.3 Å². The Bertz CT molecular complexity index is 427. The van der Waals surface area contributed by atoms with Crippen LogP contribution in [0.4, 0.5) is 0 Å². The van der Waals surface area contributed by atoms with E-state index in [4.69, 9.17) is 4.74 Å². The summed E-state index contributed by atoms with van der Waals surface area (Å²) in [6.07, 6.45) is 4.21. The molecule has 3 heteroatoms. The Morgan fingerprint density at radius 2 is 2.21 bits per heavy atom. The largest absolute Gasteiger partial charge is 0.374 e. The van der Waals surface area contributed by atoms with Crippen LogP contribution in [0.25, 0.3) is 0 Å². The van der Waals surface area contributed by atoms with Crippen molar-refractivity contribution in [2.45, 2.75) is 31.9 Å². The molecule has 1 N–H and O–H groups in total. The van der Waals surface area contributed by atoms with Gasteiger partial charge in [0.25, 0.3) is 0 Å². The molecule has 0 bridgehead atoms. The van der Waals surface area contributed by atoms with Gasteiger partial charge in [0, 0.05) is 26.2 Å². The van der Waals surface area contributed by atoms with Gasteiger partial charge in [0.1, 0.15) is 0 Å². The van der Waals surface area contributed by atoms with E-state index in [1.165, 1.54) is 24.8 Å². The Morgan fingerprint density at radius 3 is 3.05 bits per heavy atom. The van der Waals surface area contributed by atoms with E-state index in [-0.39, 0.29) is 0 Å². The van der Waals surface area contributed by atoms with Gasteiger partial charge in [-0.3, -0.25) is 4.90 Å². The number of likely N-dealkylation sites (N-methyl/N-ethyl adjacent to an activating group) is 1. The van der Waals surface area contributed by atoms with Crippen molar-refractivity contribution in [3.63, 3.8) is 0 Å². The lowest BCUT2D eigenvalue weighted by atomic mass is 10.1. The molecule has 104 valence electrons. The van der Waals surface area contributed by atoms with Gasteiger partial charge < -0.3 is 10.1 Å². The monoisotopic (exact) mass is 260 g/mol. The fourth-order valence-electron chi connectivity index (χ4n) is 3.18. The molecular weight excluding hydrogens is 236 g/mol. The number of nitrogens with zero attached hydrogens (tertiary/aromatic N) is 1. The number of morpholine rings is 1. The summed E-state index contributed by atoms with van der Waals surface area (Å²) < 4.78 is 5.76. The molecule has 19 heavy (non-hydrogen) atoms. The second kappa shape index (κ2) is 6.04. The van der Waals surface area contributed by atoms with E-state index in [0.717, 1.165) is 32.8 Å². The Balaban J connectivity index is 1.55. The van der Waals surface area contributed by atoms with Crippen molar-refractivity contribution in [1.82, 2.24) is 10.2 Å². The number of ether oxygens (including phenoxy) is 1. The number of fused-ring (bicyclic) bond motifs is 1. The lowest BCUT2D eigenvalue weighted by Gasteiger charge is -2.28. The van der Waals surface area contributed by atoms with Crippen molar-refractivity contribution in [2.24, 2.45) is 0 Å². The molecule has 3 rings (SSSR count). The third-order valence-corrected chi connectivity index (χ3v) is 4.14. The molecule has 0 amide bonds. The summed E-state index contributed by atoms with van der Waals surface area (Å²) in [4.78, 5) is 2.37. The average Bonchev–Trinajstić information content (AvgIpc) is 2.87. The second-order valence-corrected chi connectivity index (χ2v) is 5.85. The van der Waals surface area contributed by atoms with E-state index >= 15 is 0 Å². The highest BCUT2D eigenvalue weighted by atomic mass is 16.5. The van der Waals surface area contributed by atoms with Gasteiger partial charge in [0.2, 0.25) is 0 Å². The molecule has 1 fully saturated rings. The normalized spacial score (nSPS) is 22.7. The molecule has 0 aromatic heterocycles. The zero-order chi connectivity index (χ0) is 13.1. The van der Waals surface area contributed by atoms with Crippen LogP contribution in [0, 0.1) is 0 Å². The molecule has 1 aliphatic carbocycles. The standard InChI is InChI=1S/C16H24N2O/c1-18(12-16-10-17-7-8-19-16)11-13-5-6-14-3-2-4-15(14)9-13/h5-6,9,16-17H,2-4,7-8,10-12H2,1H3. The SMILES string of the molecule is CN(Cc1ccc2c(c1)CCC2)CC1CNCCO1. The second-order valence-electron chi connectivity index (χ2n) is 5.85. The molecule has 0 spiro atoms. The topological polar surface area (TPSA) is 24.5 Å². The molecule has 0 radical (unpaired) electrons. The molecule has 0 saturated carbocycles. The van der Waals surface area contributed by atoms with Crippen molar-refractivity contribution in [2.75, 3.05) is 33.3 Å². The Morgan fingerprint density at radius 1 is 1.32 bits per heavy atom. The lowest BCUT2D eigenvalue weighted by molar-refractivity contribution is 0.00884. The van der Waals surface area contributed by atoms with Crippen LogP contribution in [0.2, 0.25) is 0 Å². The predicted molar refractivity (Wildman–Crippen MR) is 77.4 cm³/mol. The van der Waals surface area contributed by atoms with Gasteiger partial charge in [-0.25, -0.2) is 0 Å². The van der Waals surface area contributed by atoms with Crippen LogP contribution in [0.15, 0.2) is 18.2 Å². The van der Waals surface area contributed by atoms with E-state index in [0.29, 0.717) is 6.10 Å². The van der Waals surface area contributed by atoms with Gasteiger partial charge in [-0.2, -0.15) is 0 Å². The zero-order valence-electron chi connectivity index (χ0n) is 11.8.